The summed E-state index contributed by atoms with van der Waals surface area (Å²) in [6.45, 7) is 2.03. The van der Waals surface area contributed by atoms with Crippen LogP contribution in [0.3, 0.4) is 0 Å². The fraction of sp³-hybridized carbons (Fsp3) is 0.350. The molecule has 0 atom stereocenters. The largest absolute Gasteiger partial charge is 0.489 e. The van der Waals surface area contributed by atoms with Gasteiger partial charge in [0.15, 0.2) is 0 Å². The van der Waals surface area contributed by atoms with E-state index in [0.717, 1.165) is 18.6 Å². The second kappa shape index (κ2) is 8.16. The lowest BCUT2D eigenvalue weighted by atomic mass is 10.1. The van der Waals surface area contributed by atoms with Crippen LogP contribution in [-0.4, -0.2) is 54.4 Å². The predicted molar refractivity (Wildman–Crippen MR) is 104 cm³/mol. The minimum Gasteiger partial charge on any atom is -0.489 e. The Hall–Kier alpha value is -3.29. The number of ether oxygens (including phenoxy) is 2. The van der Waals surface area contributed by atoms with E-state index in [1.165, 1.54) is 4.90 Å². The van der Waals surface area contributed by atoms with Crippen LogP contribution in [0.5, 0.6) is 5.75 Å². The van der Waals surface area contributed by atoms with Crippen molar-refractivity contribution in [2.45, 2.75) is 18.9 Å². The lowest BCUT2D eigenvalue weighted by Gasteiger charge is -2.32. The molecule has 146 valence electrons. The Labute approximate surface area is 163 Å². The number of hydrogen-bond donors (Lipinski definition) is 1. The van der Waals surface area contributed by atoms with E-state index in [0.29, 0.717) is 37.6 Å². The van der Waals surface area contributed by atoms with Gasteiger partial charge in [0, 0.05) is 32.1 Å². The minimum atomic E-state index is -0.393. The molecular weight excluding hydrogens is 360 g/mol. The van der Waals surface area contributed by atoms with Crippen LogP contribution in [0.2, 0.25) is 0 Å². The van der Waals surface area contributed by atoms with Crippen LogP contribution in [0.25, 0.3) is 0 Å². The molecule has 3 amide bonds. The molecule has 0 radical (unpaired) electrons. The number of nitrogens with zero attached hydrogens (tertiary/aromatic N) is 3. The number of para-hydroxylation sites is 2. The highest BCUT2D eigenvalue weighted by molar-refractivity contribution is 5.99. The molecule has 28 heavy (non-hydrogen) atoms. The first-order valence-corrected chi connectivity index (χ1v) is 9.36. The third kappa shape index (κ3) is 4.00. The van der Waals surface area contributed by atoms with Crippen molar-refractivity contribution >= 4 is 23.5 Å². The zero-order chi connectivity index (χ0) is 19.3. The first-order chi connectivity index (χ1) is 13.7. The van der Waals surface area contributed by atoms with Crippen LogP contribution < -0.4 is 15.0 Å². The van der Waals surface area contributed by atoms with Crippen LogP contribution >= 0.6 is 0 Å². The number of piperidine rings is 1. The molecule has 8 heteroatoms. The van der Waals surface area contributed by atoms with Crippen molar-refractivity contribution in [3.8, 4) is 5.75 Å². The van der Waals surface area contributed by atoms with Gasteiger partial charge in [0.2, 0.25) is 0 Å². The third-order valence-corrected chi connectivity index (χ3v) is 4.86. The van der Waals surface area contributed by atoms with Gasteiger partial charge in [0.25, 0.3) is 0 Å². The van der Waals surface area contributed by atoms with Crippen LogP contribution in [0.15, 0.2) is 48.8 Å². The number of rotatable bonds is 4. The van der Waals surface area contributed by atoms with Crippen molar-refractivity contribution in [3.05, 3.63) is 48.8 Å². The number of carbonyl (C=O) groups is 2. The summed E-state index contributed by atoms with van der Waals surface area (Å²) in [5, 5.41) is 2.93. The third-order valence-electron chi connectivity index (χ3n) is 4.86. The Morgan fingerprint density at radius 2 is 1.96 bits per heavy atom. The van der Waals surface area contributed by atoms with Crippen molar-refractivity contribution in [2.24, 2.45) is 0 Å². The van der Waals surface area contributed by atoms with E-state index >= 15 is 0 Å². The molecule has 0 saturated carbocycles. The highest BCUT2D eigenvalue weighted by Crippen LogP contribution is 2.28. The van der Waals surface area contributed by atoms with Crippen molar-refractivity contribution in [1.29, 1.82) is 0 Å². The Morgan fingerprint density at radius 1 is 1.14 bits per heavy atom. The topological polar surface area (TPSA) is 84.0 Å². The van der Waals surface area contributed by atoms with Gasteiger partial charge in [-0.1, -0.05) is 12.1 Å². The van der Waals surface area contributed by atoms with Gasteiger partial charge < -0.3 is 19.7 Å². The number of carbonyl (C=O) groups excluding carboxylic acids is 2. The summed E-state index contributed by atoms with van der Waals surface area (Å²) >= 11 is 0. The Kier molecular flexibility index (Phi) is 5.27. The van der Waals surface area contributed by atoms with Crippen molar-refractivity contribution < 1.29 is 19.1 Å². The average Bonchev–Trinajstić information content (AvgIpc) is 3.15. The summed E-state index contributed by atoms with van der Waals surface area (Å²) in [6.07, 6.45) is 4.58. The summed E-state index contributed by atoms with van der Waals surface area (Å²) in [5.74, 6) is 0.747. The van der Waals surface area contributed by atoms with E-state index in [-0.39, 0.29) is 12.1 Å². The number of benzene rings is 1. The summed E-state index contributed by atoms with van der Waals surface area (Å²) in [5.41, 5.74) is 1.24. The molecule has 2 saturated heterocycles. The molecular formula is C20H22N4O4. The number of cyclic esters (lactones) is 1. The van der Waals surface area contributed by atoms with Gasteiger partial charge in [-0.25, -0.2) is 9.59 Å². The summed E-state index contributed by atoms with van der Waals surface area (Å²) < 4.78 is 10.9. The maximum atomic E-state index is 12.7. The van der Waals surface area contributed by atoms with Gasteiger partial charge in [0.1, 0.15) is 18.5 Å². The normalized spacial score (nSPS) is 17.4. The molecule has 0 aliphatic carbocycles. The maximum absolute atomic E-state index is 12.7. The highest BCUT2D eigenvalue weighted by atomic mass is 16.6. The van der Waals surface area contributed by atoms with Crippen molar-refractivity contribution in [3.63, 3.8) is 0 Å². The molecule has 2 aromatic rings. The smallest absolute Gasteiger partial charge is 0.414 e. The van der Waals surface area contributed by atoms with E-state index in [4.69, 9.17) is 9.47 Å². The number of urea groups is 1. The second-order valence-corrected chi connectivity index (χ2v) is 6.71. The highest BCUT2D eigenvalue weighted by Gasteiger charge is 2.28. The van der Waals surface area contributed by atoms with E-state index in [2.05, 4.69) is 10.3 Å². The molecule has 0 bridgehead atoms. The van der Waals surface area contributed by atoms with Crippen LogP contribution in [0.1, 0.15) is 12.8 Å². The van der Waals surface area contributed by atoms with Gasteiger partial charge in [-0.05, 0) is 24.3 Å². The number of anilines is 2. The maximum Gasteiger partial charge on any atom is 0.414 e. The Morgan fingerprint density at radius 3 is 2.68 bits per heavy atom. The first kappa shape index (κ1) is 18.1. The Balaban J connectivity index is 1.35. The van der Waals surface area contributed by atoms with Gasteiger partial charge >= 0.3 is 12.1 Å². The molecule has 2 aliphatic rings. The zero-order valence-electron chi connectivity index (χ0n) is 15.4. The summed E-state index contributed by atoms with van der Waals surface area (Å²) in [7, 11) is 0. The van der Waals surface area contributed by atoms with Crippen LogP contribution in [0.4, 0.5) is 21.0 Å². The molecule has 1 aromatic heterocycles. The van der Waals surface area contributed by atoms with Crippen molar-refractivity contribution in [1.82, 2.24) is 9.88 Å². The first-order valence-electron chi connectivity index (χ1n) is 9.36. The zero-order valence-corrected chi connectivity index (χ0v) is 15.4. The van der Waals surface area contributed by atoms with E-state index in [1.807, 2.05) is 24.3 Å². The van der Waals surface area contributed by atoms with Gasteiger partial charge in [0.05, 0.1) is 24.1 Å². The molecule has 0 spiro atoms. The molecule has 2 fully saturated rings. The molecule has 1 N–H and O–H groups in total. The molecule has 2 aliphatic heterocycles. The quantitative estimate of drug-likeness (QED) is 0.878. The molecule has 4 rings (SSSR count). The number of hydrogen-bond acceptors (Lipinski definition) is 5. The van der Waals surface area contributed by atoms with Crippen LogP contribution in [0, 0.1) is 0 Å². The fourth-order valence-corrected chi connectivity index (χ4v) is 3.41. The summed E-state index contributed by atoms with van der Waals surface area (Å²) in [6, 6.07) is 10.8. The number of amides is 3. The van der Waals surface area contributed by atoms with Crippen molar-refractivity contribution in [2.75, 3.05) is 36.5 Å². The number of aromatic nitrogens is 1. The number of nitrogens with one attached hydrogen (secondary N) is 1. The SMILES string of the molecule is O=C(Nc1ccccc1N1CCOC1=O)N1CCC(Oc2cccnc2)CC1. The second-order valence-electron chi connectivity index (χ2n) is 6.71. The minimum absolute atomic E-state index is 0.0694. The summed E-state index contributed by atoms with van der Waals surface area (Å²) in [4.78, 5) is 31.9. The monoisotopic (exact) mass is 382 g/mol. The molecule has 0 unspecified atom stereocenters. The molecule has 1 aromatic carbocycles. The lowest BCUT2D eigenvalue weighted by Crippen LogP contribution is -2.44. The standard InChI is InChI=1S/C20H22N4O4/c25-19(22-17-5-1-2-6-18(17)24-12-13-27-20(24)26)23-10-7-15(8-11-23)28-16-4-3-9-21-14-16/h1-6,9,14-15H,7-8,10-13H2,(H,22,25). The van der Waals surface area contributed by atoms with Gasteiger partial charge in [-0.15, -0.1) is 0 Å². The molecule has 8 nitrogen and oxygen atoms in total. The predicted octanol–water partition coefficient (Wildman–Crippen LogP) is 3.11. The van der Waals surface area contributed by atoms with Crippen LogP contribution in [-0.2, 0) is 4.74 Å². The van der Waals surface area contributed by atoms with E-state index in [9.17, 15) is 9.59 Å². The van der Waals surface area contributed by atoms with E-state index < -0.39 is 6.09 Å². The van der Waals surface area contributed by atoms with Gasteiger partial charge in [-0.2, -0.15) is 0 Å². The number of likely N-dealkylation sites (tertiary alicyclic amines) is 1. The number of pyridine rings is 1. The Bertz CT molecular complexity index is 837. The molecule has 3 heterocycles. The van der Waals surface area contributed by atoms with Gasteiger partial charge in [-0.3, -0.25) is 9.88 Å². The lowest BCUT2D eigenvalue weighted by molar-refractivity contribution is 0.115. The average molecular weight is 382 g/mol. The fourth-order valence-electron chi connectivity index (χ4n) is 3.41. The van der Waals surface area contributed by atoms with E-state index in [1.54, 1.807) is 29.4 Å².